The van der Waals surface area contributed by atoms with Gasteiger partial charge in [-0.1, -0.05) is 36.0 Å². The molecule has 152 valence electrons. The second kappa shape index (κ2) is 8.59. The van der Waals surface area contributed by atoms with Gasteiger partial charge in [-0.25, -0.2) is 9.97 Å². The molecule has 0 saturated carbocycles. The number of benzene rings is 2. The van der Waals surface area contributed by atoms with E-state index in [-0.39, 0.29) is 11.7 Å². The fourth-order valence-electron chi connectivity index (χ4n) is 3.22. The molecule has 0 spiro atoms. The summed E-state index contributed by atoms with van der Waals surface area (Å²) >= 11 is 1.39. The third-order valence-electron chi connectivity index (χ3n) is 5.05. The number of hydrogen-bond donors (Lipinski definition) is 2. The number of anilines is 1. The van der Waals surface area contributed by atoms with E-state index in [1.165, 1.54) is 18.1 Å². The summed E-state index contributed by atoms with van der Waals surface area (Å²) in [5.41, 5.74) is 6.74. The van der Waals surface area contributed by atoms with Crippen LogP contribution in [0, 0.1) is 13.8 Å². The van der Waals surface area contributed by atoms with Gasteiger partial charge in [0.1, 0.15) is 22.6 Å². The van der Waals surface area contributed by atoms with Gasteiger partial charge in [0, 0.05) is 17.4 Å². The van der Waals surface area contributed by atoms with Crippen LogP contribution in [0.15, 0.2) is 60.0 Å². The molecular weight excluding hydrogens is 396 g/mol. The lowest BCUT2D eigenvalue weighted by molar-refractivity contribution is -0.113. The summed E-state index contributed by atoms with van der Waals surface area (Å²) in [5, 5.41) is 3.73. The van der Waals surface area contributed by atoms with Crippen LogP contribution in [0.5, 0.6) is 5.75 Å². The Morgan fingerprint density at radius 3 is 2.70 bits per heavy atom. The zero-order chi connectivity index (χ0) is 21.1. The van der Waals surface area contributed by atoms with Crippen molar-refractivity contribution < 1.29 is 9.53 Å². The molecule has 2 N–H and O–H groups in total. The van der Waals surface area contributed by atoms with Gasteiger partial charge in [0.05, 0.1) is 18.4 Å². The molecule has 0 aliphatic carbocycles. The predicted octanol–water partition coefficient (Wildman–Crippen LogP) is 4.98. The van der Waals surface area contributed by atoms with Crippen molar-refractivity contribution in [3.05, 3.63) is 66.1 Å². The number of H-pyrrole nitrogens is 1. The molecule has 0 bridgehead atoms. The van der Waals surface area contributed by atoms with Gasteiger partial charge < -0.3 is 15.0 Å². The zero-order valence-corrected chi connectivity index (χ0v) is 17.8. The Morgan fingerprint density at radius 1 is 1.13 bits per heavy atom. The Bertz CT molecular complexity index is 1200. The predicted molar refractivity (Wildman–Crippen MR) is 121 cm³/mol. The number of nitrogens with one attached hydrogen (secondary N) is 2. The first kappa shape index (κ1) is 20.0. The van der Waals surface area contributed by atoms with Gasteiger partial charge in [0.15, 0.2) is 0 Å². The number of amides is 1. The molecule has 0 fully saturated rings. The Labute approximate surface area is 179 Å². The lowest BCUT2D eigenvalue weighted by Gasteiger charge is -2.10. The number of thioether (sulfide) groups is 1. The van der Waals surface area contributed by atoms with Crippen molar-refractivity contribution in [2.75, 3.05) is 18.2 Å². The first-order valence-corrected chi connectivity index (χ1v) is 10.5. The zero-order valence-electron chi connectivity index (χ0n) is 17.0. The average Bonchev–Trinajstić information content (AvgIpc) is 3.20. The van der Waals surface area contributed by atoms with Crippen LogP contribution in [0.1, 0.15) is 11.1 Å². The van der Waals surface area contributed by atoms with E-state index in [9.17, 15) is 4.79 Å². The van der Waals surface area contributed by atoms with Gasteiger partial charge in [-0.05, 0) is 48.7 Å². The van der Waals surface area contributed by atoms with Crippen LogP contribution >= 0.6 is 11.8 Å². The van der Waals surface area contributed by atoms with Gasteiger partial charge in [0.2, 0.25) is 5.91 Å². The maximum atomic E-state index is 12.5. The Hall–Kier alpha value is -3.32. The molecule has 0 aliphatic heterocycles. The minimum Gasteiger partial charge on any atom is -0.497 e. The van der Waals surface area contributed by atoms with Crippen molar-refractivity contribution in [3.63, 3.8) is 0 Å². The largest absolute Gasteiger partial charge is 0.497 e. The topological polar surface area (TPSA) is 79.9 Å². The standard InChI is InChI=1S/C23H22N4O2S/c1-14-5-4-6-19(15(14)2)27-20(28)12-30-23-22-21(25-13-26-23)18(11-24-22)16-7-9-17(29-3)10-8-16/h4-11,13,24H,12H2,1-3H3,(H,27,28). The van der Waals surface area contributed by atoms with E-state index < -0.39 is 0 Å². The summed E-state index contributed by atoms with van der Waals surface area (Å²) in [6, 6.07) is 13.7. The smallest absolute Gasteiger partial charge is 0.234 e. The fourth-order valence-corrected chi connectivity index (χ4v) is 3.98. The van der Waals surface area contributed by atoms with Crippen LogP contribution in [-0.4, -0.2) is 33.7 Å². The molecule has 0 saturated heterocycles. The number of carbonyl (C=O) groups excluding carboxylic acids is 1. The van der Waals surface area contributed by atoms with Crippen LogP contribution in [0.4, 0.5) is 5.69 Å². The van der Waals surface area contributed by atoms with Gasteiger partial charge in [-0.2, -0.15) is 0 Å². The first-order valence-electron chi connectivity index (χ1n) is 9.52. The molecular formula is C23H22N4O2S. The Balaban J connectivity index is 1.51. The van der Waals surface area contributed by atoms with E-state index in [1.54, 1.807) is 7.11 Å². The molecule has 4 aromatic rings. The lowest BCUT2D eigenvalue weighted by atomic mass is 10.1. The number of hydrogen-bond acceptors (Lipinski definition) is 5. The Kier molecular flexibility index (Phi) is 5.72. The van der Waals surface area contributed by atoms with Gasteiger partial charge in [-0.15, -0.1) is 0 Å². The van der Waals surface area contributed by atoms with Crippen molar-refractivity contribution in [1.29, 1.82) is 0 Å². The molecule has 0 atom stereocenters. The van der Waals surface area contributed by atoms with Gasteiger partial charge in [-0.3, -0.25) is 4.79 Å². The number of aryl methyl sites for hydroxylation is 1. The van der Waals surface area contributed by atoms with Crippen molar-refractivity contribution in [3.8, 4) is 16.9 Å². The molecule has 0 radical (unpaired) electrons. The number of aromatic nitrogens is 3. The summed E-state index contributed by atoms with van der Waals surface area (Å²) in [7, 11) is 1.65. The van der Waals surface area contributed by atoms with Crippen molar-refractivity contribution in [1.82, 2.24) is 15.0 Å². The molecule has 1 amide bonds. The van der Waals surface area contributed by atoms with Crippen molar-refractivity contribution in [2.45, 2.75) is 18.9 Å². The van der Waals surface area contributed by atoms with E-state index in [1.807, 2.05) is 62.5 Å². The highest BCUT2D eigenvalue weighted by Gasteiger charge is 2.14. The molecule has 0 unspecified atom stereocenters. The van der Waals surface area contributed by atoms with Crippen molar-refractivity contribution >= 4 is 34.4 Å². The fraction of sp³-hybridized carbons (Fsp3) is 0.174. The molecule has 4 rings (SSSR count). The third kappa shape index (κ3) is 4.02. The average molecular weight is 419 g/mol. The minimum atomic E-state index is -0.0672. The lowest BCUT2D eigenvalue weighted by Crippen LogP contribution is -2.15. The van der Waals surface area contributed by atoms with E-state index in [2.05, 4.69) is 20.3 Å². The van der Waals surface area contributed by atoms with Gasteiger partial charge >= 0.3 is 0 Å². The first-order chi connectivity index (χ1) is 14.6. The third-order valence-corrected chi connectivity index (χ3v) is 6.04. The summed E-state index contributed by atoms with van der Waals surface area (Å²) in [4.78, 5) is 24.6. The van der Waals surface area contributed by atoms with Crippen LogP contribution < -0.4 is 10.1 Å². The summed E-state index contributed by atoms with van der Waals surface area (Å²) in [6.45, 7) is 4.04. The van der Waals surface area contributed by atoms with E-state index in [0.29, 0.717) is 0 Å². The molecule has 2 aromatic carbocycles. The second-order valence-corrected chi connectivity index (χ2v) is 7.88. The van der Waals surface area contributed by atoms with Gasteiger partial charge in [0.25, 0.3) is 0 Å². The highest BCUT2D eigenvalue weighted by molar-refractivity contribution is 8.00. The van der Waals surface area contributed by atoms with Crippen LogP contribution in [0.25, 0.3) is 22.2 Å². The number of fused-ring (bicyclic) bond motifs is 1. The quantitative estimate of drug-likeness (QED) is 0.341. The summed E-state index contributed by atoms with van der Waals surface area (Å²) < 4.78 is 5.23. The Morgan fingerprint density at radius 2 is 1.93 bits per heavy atom. The molecule has 2 heterocycles. The molecule has 0 aliphatic rings. The number of ether oxygens (including phenoxy) is 1. The summed E-state index contributed by atoms with van der Waals surface area (Å²) in [5.74, 6) is 0.998. The number of carbonyl (C=O) groups is 1. The summed E-state index contributed by atoms with van der Waals surface area (Å²) in [6.07, 6.45) is 3.45. The van der Waals surface area contributed by atoms with Crippen molar-refractivity contribution in [2.24, 2.45) is 0 Å². The SMILES string of the molecule is COc1ccc(-c2c[nH]c3c(SCC(=O)Nc4cccc(C)c4C)ncnc23)cc1. The van der Waals surface area contributed by atoms with E-state index in [0.717, 1.165) is 49.8 Å². The number of nitrogens with zero attached hydrogens (tertiary/aromatic N) is 2. The van der Waals surface area contributed by atoms with Crippen LogP contribution in [-0.2, 0) is 4.79 Å². The maximum Gasteiger partial charge on any atom is 0.234 e. The van der Waals surface area contributed by atoms with Crippen LogP contribution in [0.2, 0.25) is 0 Å². The molecule has 2 aromatic heterocycles. The normalized spacial score (nSPS) is 10.9. The molecule has 30 heavy (non-hydrogen) atoms. The molecule has 6 nitrogen and oxygen atoms in total. The minimum absolute atomic E-state index is 0.0672. The number of methoxy groups -OCH3 is 1. The molecule has 7 heteroatoms. The monoisotopic (exact) mass is 418 g/mol. The maximum absolute atomic E-state index is 12.5. The number of rotatable bonds is 6. The number of aromatic amines is 1. The van der Waals surface area contributed by atoms with E-state index in [4.69, 9.17) is 4.74 Å². The van der Waals surface area contributed by atoms with Crippen LogP contribution in [0.3, 0.4) is 0 Å². The van der Waals surface area contributed by atoms with E-state index >= 15 is 0 Å². The second-order valence-electron chi connectivity index (χ2n) is 6.92. The highest BCUT2D eigenvalue weighted by Crippen LogP contribution is 2.32. The highest BCUT2D eigenvalue weighted by atomic mass is 32.2.